The number of halogens is 2. The summed E-state index contributed by atoms with van der Waals surface area (Å²) in [5, 5.41) is 18.7. The van der Waals surface area contributed by atoms with Crippen LogP contribution in [0.25, 0.3) is 0 Å². The molecule has 0 saturated carbocycles. The summed E-state index contributed by atoms with van der Waals surface area (Å²) < 4.78 is 26.5. The number of amides is 1. The van der Waals surface area contributed by atoms with E-state index in [1.807, 2.05) is 6.07 Å². The maximum absolute atomic E-state index is 13.4. The summed E-state index contributed by atoms with van der Waals surface area (Å²) in [6.07, 6.45) is 0.909. The Labute approximate surface area is 130 Å². The number of H-pyrrole nitrogens is 1. The van der Waals surface area contributed by atoms with E-state index >= 15 is 0 Å². The fraction of sp³-hybridized carbons (Fsp3) is 0.250. The highest BCUT2D eigenvalue weighted by Gasteiger charge is 2.36. The lowest BCUT2D eigenvalue weighted by atomic mass is 10.0. The largest absolute Gasteiger partial charge is 0.391 e. The number of nitriles is 1. The van der Waals surface area contributed by atoms with E-state index in [9.17, 15) is 18.7 Å². The Morgan fingerprint density at radius 3 is 2.78 bits per heavy atom. The second kappa shape index (κ2) is 5.82. The average Bonchev–Trinajstić information content (AvgIpc) is 3.16. The second-order valence-electron chi connectivity index (χ2n) is 5.45. The predicted octanol–water partition coefficient (Wildman–Crippen LogP) is 2.11. The monoisotopic (exact) mass is 317 g/mol. The minimum Gasteiger partial charge on any atom is -0.391 e. The summed E-state index contributed by atoms with van der Waals surface area (Å²) in [6, 6.07) is 6.20. The number of β-amino-alcohol motifs (C(OH)–C–C–N with tert-alkyl or cyclic N) is 1. The summed E-state index contributed by atoms with van der Waals surface area (Å²) >= 11 is 0. The molecule has 1 fully saturated rings. The van der Waals surface area contributed by atoms with Gasteiger partial charge in [-0.1, -0.05) is 6.07 Å². The van der Waals surface area contributed by atoms with Gasteiger partial charge < -0.3 is 15.0 Å². The molecule has 1 aliphatic rings. The van der Waals surface area contributed by atoms with Crippen LogP contribution in [0.5, 0.6) is 0 Å². The molecule has 0 spiro atoms. The van der Waals surface area contributed by atoms with E-state index in [-0.39, 0.29) is 30.1 Å². The Bertz CT molecular complexity index is 797. The number of aliphatic hydroxyl groups excluding tert-OH is 1. The fourth-order valence-electron chi connectivity index (χ4n) is 2.82. The average molecular weight is 317 g/mol. The fourth-order valence-corrected chi connectivity index (χ4v) is 2.82. The molecule has 1 saturated heterocycles. The van der Waals surface area contributed by atoms with Crippen molar-refractivity contribution in [1.82, 2.24) is 9.88 Å². The smallest absolute Gasteiger partial charge is 0.256 e. The molecule has 118 valence electrons. The number of benzene rings is 1. The molecule has 0 unspecified atom stereocenters. The summed E-state index contributed by atoms with van der Waals surface area (Å²) in [7, 11) is 0. The van der Waals surface area contributed by atoms with E-state index in [1.165, 1.54) is 23.2 Å². The van der Waals surface area contributed by atoms with E-state index < -0.39 is 23.8 Å². The molecule has 0 bridgehead atoms. The highest BCUT2D eigenvalue weighted by molar-refractivity contribution is 5.95. The number of hydrogen-bond donors (Lipinski definition) is 2. The Kier molecular flexibility index (Phi) is 3.84. The lowest BCUT2D eigenvalue weighted by Crippen LogP contribution is -2.31. The van der Waals surface area contributed by atoms with Crippen LogP contribution in [0.4, 0.5) is 8.78 Å². The third-order valence-corrected chi connectivity index (χ3v) is 3.92. The highest BCUT2D eigenvalue weighted by atomic mass is 19.2. The molecule has 3 rings (SSSR count). The standard InChI is InChI=1S/C16H13F2N3O2/c17-13-2-1-9(4-14(13)18)15-5-12(22)8-21(15)16(23)10-3-11(6-19)20-7-10/h1-4,7,12,15,20,22H,5,8H2/t12-,15+/m1/s1. The first kappa shape index (κ1) is 15.2. The van der Waals surface area contributed by atoms with Gasteiger partial charge in [-0.05, 0) is 30.2 Å². The van der Waals surface area contributed by atoms with Gasteiger partial charge in [0.2, 0.25) is 0 Å². The molecule has 7 heteroatoms. The van der Waals surface area contributed by atoms with Gasteiger partial charge in [-0.3, -0.25) is 4.79 Å². The molecule has 2 heterocycles. The number of aromatic nitrogens is 1. The van der Waals surface area contributed by atoms with E-state index in [0.29, 0.717) is 5.56 Å². The Balaban J connectivity index is 1.91. The van der Waals surface area contributed by atoms with Crippen LogP contribution in [-0.4, -0.2) is 33.5 Å². The summed E-state index contributed by atoms with van der Waals surface area (Å²) in [4.78, 5) is 16.6. The van der Waals surface area contributed by atoms with Gasteiger partial charge in [-0.25, -0.2) is 8.78 Å². The van der Waals surface area contributed by atoms with Crippen molar-refractivity contribution in [3.63, 3.8) is 0 Å². The van der Waals surface area contributed by atoms with E-state index in [1.54, 1.807) is 0 Å². The summed E-state index contributed by atoms with van der Waals surface area (Å²) in [6.45, 7) is 0.0928. The van der Waals surface area contributed by atoms with Crippen molar-refractivity contribution >= 4 is 5.91 Å². The molecule has 0 radical (unpaired) electrons. The van der Waals surface area contributed by atoms with Crippen LogP contribution < -0.4 is 0 Å². The summed E-state index contributed by atoms with van der Waals surface area (Å²) in [5.41, 5.74) is 0.950. The molecule has 0 aliphatic carbocycles. The third-order valence-electron chi connectivity index (χ3n) is 3.92. The second-order valence-corrected chi connectivity index (χ2v) is 5.45. The van der Waals surface area contributed by atoms with Gasteiger partial charge in [0.1, 0.15) is 11.8 Å². The lowest BCUT2D eigenvalue weighted by Gasteiger charge is -2.24. The number of carbonyl (C=O) groups is 1. The first-order valence-electron chi connectivity index (χ1n) is 7.02. The number of aromatic amines is 1. The van der Waals surface area contributed by atoms with E-state index in [0.717, 1.165) is 12.1 Å². The first-order chi connectivity index (χ1) is 11.0. The molecule has 2 aromatic rings. The van der Waals surface area contributed by atoms with Crippen LogP contribution in [0.2, 0.25) is 0 Å². The first-order valence-corrected chi connectivity index (χ1v) is 7.02. The van der Waals surface area contributed by atoms with Crippen LogP contribution in [0.1, 0.15) is 34.1 Å². The molecule has 2 atom stereocenters. The minimum absolute atomic E-state index is 0.0928. The molecule has 1 aromatic heterocycles. The van der Waals surface area contributed by atoms with Gasteiger partial charge >= 0.3 is 0 Å². The number of carbonyl (C=O) groups excluding carboxylic acids is 1. The normalized spacial score (nSPS) is 20.5. The van der Waals surface area contributed by atoms with Crippen molar-refractivity contribution in [3.05, 3.63) is 58.9 Å². The molecule has 1 amide bonds. The van der Waals surface area contributed by atoms with Crippen molar-refractivity contribution in [3.8, 4) is 6.07 Å². The Morgan fingerprint density at radius 1 is 1.35 bits per heavy atom. The molecule has 1 aromatic carbocycles. The molecule has 2 N–H and O–H groups in total. The van der Waals surface area contributed by atoms with Crippen LogP contribution in [0.15, 0.2) is 30.5 Å². The predicted molar refractivity (Wildman–Crippen MR) is 76.3 cm³/mol. The quantitative estimate of drug-likeness (QED) is 0.890. The summed E-state index contributed by atoms with van der Waals surface area (Å²) in [5.74, 6) is -2.34. The van der Waals surface area contributed by atoms with Gasteiger partial charge in [0.05, 0.1) is 17.7 Å². The molecular weight excluding hydrogens is 304 g/mol. The van der Waals surface area contributed by atoms with Gasteiger partial charge in [0.25, 0.3) is 5.91 Å². The van der Waals surface area contributed by atoms with Crippen molar-refractivity contribution < 1.29 is 18.7 Å². The van der Waals surface area contributed by atoms with Gasteiger partial charge in [-0.15, -0.1) is 0 Å². The van der Waals surface area contributed by atoms with Crippen molar-refractivity contribution in [2.24, 2.45) is 0 Å². The zero-order valence-electron chi connectivity index (χ0n) is 12.0. The van der Waals surface area contributed by atoms with Gasteiger partial charge in [0, 0.05) is 12.7 Å². The number of likely N-dealkylation sites (tertiary alicyclic amines) is 1. The maximum Gasteiger partial charge on any atom is 0.256 e. The minimum atomic E-state index is -0.996. The zero-order valence-corrected chi connectivity index (χ0v) is 12.0. The van der Waals surface area contributed by atoms with Crippen LogP contribution >= 0.6 is 0 Å². The third kappa shape index (κ3) is 2.81. The number of rotatable bonds is 2. The van der Waals surface area contributed by atoms with E-state index in [4.69, 9.17) is 5.26 Å². The maximum atomic E-state index is 13.4. The molecular formula is C16H13F2N3O2. The molecule has 23 heavy (non-hydrogen) atoms. The topological polar surface area (TPSA) is 80.1 Å². The highest BCUT2D eigenvalue weighted by Crippen LogP contribution is 2.34. The number of nitrogens with zero attached hydrogens (tertiary/aromatic N) is 2. The zero-order chi connectivity index (χ0) is 16.6. The van der Waals surface area contributed by atoms with Gasteiger partial charge in [0.15, 0.2) is 11.6 Å². The number of nitrogens with one attached hydrogen (secondary N) is 1. The van der Waals surface area contributed by atoms with Crippen molar-refractivity contribution in [2.75, 3.05) is 6.54 Å². The van der Waals surface area contributed by atoms with Crippen LogP contribution in [0, 0.1) is 23.0 Å². The van der Waals surface area contributed by atoms with Gasteiger partial charge in [-0.2, -0.15) is 5.26 Å². The SMILES string of the molecule is N#Cc1cc(C(=O)N2C[C@H](O)C[C@H]2c2ccc(F)c(F)c2)c[nH]1. The Morgan fingerprint density at radius 2 is 2.13 bits per heavy atom. The Hall–Kier alpha value is -2.72. The van der Waals surface area contributed by atoms with E-state index in [2.05, 4.69) is 4.98 Å². The lowest BCUT2D eigenvalue weighted by molar-refractivity contribution is 0.0715. The number of hydrogen-bond acceptors (Lipinski definition) is 3. The molecule has 1 aliphatic heterocycles. The molecule has 5 nitrogen and oxygen atoms in total. The number of aliphatic hydroxyl groups is 1. The van der Waals surface area contributed by atoms with Crippen molar-refractivity contribution in [2.45, 2.75) is 18.6 Å². The van der Waals surface area contributed by atoms with Crippen LogP contribution in [-0.2, 0) is 0 Å². The van der Waals surface area contributed by atoms with Crippen LogP contribution in [0.3, 0.4) is 0 Å². The van der Waals surface area contributed by atoms with Crippen molar-refractivity contribution in [1.29, 1.82) is 5.26 Å².